The van der Waals surface area contributed by atoms with Gasteiger partial charge in [0.15, 0.2) is 0 Å². The molecule has 0 fully saturated rings. The van der Waals surface area contributed by atoms with E-state index in [2.05, 4.69) is 13.5 Å². The molecule has 0 aliphatic carbocycles. The average molecular weight is 274 g/mol. The third-order valence-corrected chi connectivity index (χ3v) is 4.90. The summed E-state index contributed by atoms with van der Waals surface area (Å²) in [6.45, 7) is 9.48. The first kappa shape index (κ1) is 14.8. The number of carbonyl (C=O) groups is 1. The van der Waals surface area contributed by atoms with Gasteiger partial charge in [0.05, 0.1) is 0 Å². The minimum absolute atomic E-state index is 0.130. The quantitative estimate of drug-likeness (QED) is 0.294. The normalized spacial score (nSPS) is 13.0. The molecule has 0 aromatic heterocycles. The van der Waals surface area contributed by atoms with Gasteiger partial charge in [-0.3, -0.25) is 0 Å². The van der Waals surface area contributed by atoms with Gasteiger partial charge in [-0.1, -0.05) is 0 Å². The van der Waals surface area contributed by atoms with Gasteiger partial charge >= 0.3 is 100.0 Å². The molecule has 0 amide bonds. The SMILES string of the molecule is C=C(C)C(=O)OC(C)[AsH]CCCCCC. The van der Waals surface area contributed by atoms with E-state index in [1.807, 2.05) is 6.92 Å². The Hall–Kier alpha value is -0.232. The molecule has 0 N–H and O–H groups in total. The van der Waals surface area contributed by atoms with Gasteiger partial charge in [0.25, 0.3) is 0 Å². The molecule has 0 aliphatic heterocycles. The van der Waals surface area contributed by atoms with Gasteiger partial charge in [-0.15, -0.1) is 0 Å². The van der Waals surface area contributed by atoms with Crippen LogP contribution in [0.3, 0.4) is 0 Å². The van der Waals surface area contributed by atoms with Crippen molar-refractivity contribution in [1.82, 2.24) is 0 Å². The summed E-state index contributed by atoms with van der Waals surface area (Å²) in [4.78, 5) is 11.3. The number of carbonyl (C=O) groups excluding carboxylic acids is 1. The number of hydrogen-bond acceptors (Lipinski definition) is 2. The van der Waals surface area contributed by atoms with Crippen LogP contribution in [-0.4, -0.2) is 26.6 Å². The zero-order valence-electron chi connectivity index (χ0n) is 10.1. The fraction of sp³-hybridized carbons (Fsp3) is 0.750. The second-order valence-electron chi connectivity index (χ2n) is 3.84. The zero-order valence-corrected chi connectivity index (χ0v) is 12.2. The van der Waals surface area contributed by atoms with E-state index in [1.54, 1.807) is 6.92 Å². The van der Waals surface area contributed by atoms with Crippen molar-refractivity contribution in [3.63, 3.8) is 0 Å². The topological polar surface area (TPSA) is 26.3 Å². The molecular formula is C12H23AsO2. The van der Waals surface area contributed by atoms with Gasteiger partial charge in [-0.2, -0.15) is 0 Å². The molecule has 0 heterocycles. The molecular weight excluding hydrogens is 251 g/mol. The maximum atomic E-state index is 11.2. The van der Waals surface area contributed by atoms with Crippen molar-refractivity contribution in [3.8, 4) is 0 Å². The fourth-order valence-corrected chi connectivity index (χ4v) is 3.37. The summed E-state index contributed by atoms with van der Waals surface area (Å²) < 4.78 is 5.24. The maximum absolute atomic E-state index is 11.2. The molecule has 3 heteroatoms. The molecule has 0 saturated carbocycles. The summed E-state index contributed by atoms with van der Waals surface area (Å²) in [5.41, 5.74) is 0.499. The molecule has 0 aliphatic rings. The Labute approximate surface area is 100 Å². The molecule has 0 rings (SSSR count). The first-order chi connectivity index (χ1) is 7.07. The van der Waals surface area contributed by atoms with Crippen LogP contribution in [0.1, 0.15) is 46.5 Å². The number of unbranched alkanes of at least 4 members (excludes halogenated alkanes) is 3. The Morgan fingerprint density at radius 2 is 2.07 bits per heavy atom. The van der Waals surface area contributed by atoms with E-state index in [9.17, 15) is 4.79 Å². The van der Waals surface area contributed by atoms with E-state index >= 15 is 0 Å². The first-order valence-corrected chi connectivity index (χ1v) is 8.37. The standard InChI is InChI=1S/C12H23AsO2/c1-5-6-7-8-9-13-11(4)15-12(14)10(2)3/h11,13H,2,5-9H2,1,3-4H3. The van der Waals surface area contributed by atoms with Crippen molar-refractivity contribution in [1.29, 1.82) is 0 Å². The molecule has 88 valence electrons. The molecule has 2 unspecified atom stereocenters. The molecule has 0 aromatic carbocycles. The second kappa shape index (κ2) is 9.03. The van der Waals surface area contributed by atoms with Crippen molar-refractivity contribution in [3.05, 3.63) is 12.2 Å². The molecule has 2 nitrogen and oxygen atoms in total. The molecule has 0 spiro atoms. The number of rotatable bonds is 8. The van der Waals surface area contributed by atoms with Crippen LogP contribution in [0.5, 0.6) is 0 Å². The van der Waals surface area contributed by atoms with Gasteiger partial charge in [-0.25, -0.2) is 0 Å². The van der Waals surface area contributed by atoms with Gasteiger partial charge in [-0.05, 0) is 0 Å². The summed E-state index contributed by atoms with van der Waals surface area (Å²) in [5, 5.41) is 1.27. The second-order valence-corrected chi connectivity index (χ2v) is 7.45. The van der Waals surface area contributed by atoms with E-state index in [1.165, 1.54) is 30.9 Å². The average Bonchev–Trinajstić information content (AvgIpc) is 2.17. The summed E-state index contributed by atoms with van der Waals surface area (Å²) >= 11 is -0.130. The van der Waals surface area contributed by atoms with Crippen LogP contribution in [0.15, 0.2) is 12.2 Å². The van der Waals surface area contributed by atoms with Crippen LogP contribution in [0, 0.1) is 0 Å². The number of esters is 1. The van der Waals surface area contributed by atoms with Gasteiger partial charge in [0.2, 0.25) is 0 Å². The Bertz CT molecular complexity index is 202. The van der Waals surface area contributed by atoms with Crippen molar-refractivity contribution >= 4 is 21.7 Å². The summed E-state index contributed by atoms with van der Waals surface area (Å²) in [5.74, 6) is -0.236. The number of hydrogen-bond donors (Lipinski definition) is 0. The summed E-state index contributed by atoms with van der Waals surface area (Å²) in [6, 6.07) is 0. The molecule has 15 heavy (non-hydrogen) atoms. The van der Waals surface area contributed by atoms with E-state index in [-0.39, 0.29) is 26.6 Å². The van der Waals surface area contributed by atoms with Crippen LogP contribution >= 0.6 is 0 Å². The molecule has 2 atom stereocenters. The monoisotopic (exact) mass is 274 g/mol. The third-order valence-electron chi connectivity index (χ3n) is 2.09. The Morgan fingerprint density at radius 3 is 2.60 bits per heavy atom. The van der Waals surface area contributed by atoms with Gasteiger partial charge < -0.3 is 0 Å². The predicted molar refractivity (Wildman–Crippen MR) is 66.5 cm³/mol. The molecule has 0 aromatic rings. The van der Waals surface area contributed by atoms with E-state index in [0.717, 1.165) is 0 Å². The van der Waals surface area contributed by atoms with Crippen molar-refractivity contribution < 1.29 is 9.53 Å². The van der Waals surface area contributed by atoms with Crippen molar-refractivity contribution in [2.75, 3.05) is 0 Å². The van der Waals surface area contributed by atoms with Crippen LogP contribution in [0.25, 0.3) is 0 Å². The minimum atomic E-state index is -0.236. The molecule has 0 saturated heterocycles. The molecule has 0 bridgehead atoms. The van der Waals surface area contributed by atoms with Crippen molar-refractivity contribution in [2.24, 2.45) is 0 Å². The summed E-state index contributed by atoms with van der Waals surface area (Å²) in [7, 11) is 0. The Morgan fingerprint density at radius 1 is 1.40 bits per heavy atom. The van der Waals surface area contributed by atoms with Crippen LogP contribution in [0.2, 0.25) is 5.21 Å². The zero-order chi connectivity index (χ0) is 11.7. The summed E-state index contributed by atoms with van der Waals surface area (Å²) in [6.07, 6.45) is 5.22. The van der Waals surface area contributed by atoms with Gasteiger partial charge in [0.1, 0.15) is 0 Å². The van der Waals surface area contributed by atoms with E-state index in [0.29, 0.717) is 5.57 Å². The van der Waals surface area contributed by atoms with Crippen molar-refractivity contribution in [2.45, 2.75) is 56.6 Å². The molecule has 0 radical (unpaired) electrons. The van der Waals surface area contributed by atoms with E-state index < -0.39 is 0 Å². The Balaban J connectivity index is 3.45. The van der Waals surface area contributed by atoms with Gasteiger partial charge in [0, 0.05) is 0 Å². The van der Waals surface area contributed by atoms with Crippen LogP contribution < -0.4 is 0 Å². The fourth-order valence-electron chi connectivity index (χ4n) is 1.16. The van der Waals surface area contributed by atoms with Crippen LogP contribution in [0.4, 0.5) is 0 Å². The number of ether oxygens (including phenoxy) is 1. The third kappa shape index (κ3) is 8.74. The first-order valence-electron chi connectivity index (χ1n) is 5.67. The van der Waals surface area contributed by atoms with Crippen LogP contribution in [-0.2, 0) is 9.53 Å². The van der Waals surface area contributed by atoms with E-state index in [4.69, 9.17) is 4.74 Å². The Kier molecular flexibility index (Phi) is 8.89. The predicted octanol–water partition coefficient (Wildman–Crippen LogP) is 2.89.